The van der Waals surface area contributed by atoms with Gasteiger partial charge in [-0.25, -0.2) is 0 Å². The molecule has 2 aliphatic rings. The van der Waals surface area contributed by atoms with Crippen LogP contribution >= 0.6 is 0 Å². The number of anilines is 1. The molecule has 2 amide bonds. The molecule has 0 atom stereocenters. The van der Waals surface area contributed by atoms with Crippen LogP contribution in [0, 0.1) is 0 Å². The van der Waals surface area contributed by atoms with Crippen molar-refractivity contribution >= 4 is 17.5 Å². The lowest BCUT2D eigenvalue weighted by Crippen LogP contribution is -2.33. The van der Waals surface area contributed by atoms with Crippen molar-refractivity contribution in [1.29, 1.82) is 0 Å². The van der Waals surface area contributed by atoms with Crippen molar-refractivity contribution in [3.8, 4) is 5.75 Å². The number of hydrogen-bond donors (Lipinski definition) is 0. The molecule has 5 heteroatoms. The number of hydrogen-bond acceptors (Lipinski definition) is 3. The zero-order chi connectivity index (χ0) is 16.2. The molecule has 0 spiro atoms. The van der Waals surface area contributed by atoms with Gasteiger partial charge in [0.15, 0.2) is 0 Å². The highest BCUT2D eigenvalue weighted by molar-refractivity contribution is 5.95. The average molecular weight is 316 g/mol. The highest BCUT2D eigenvalue weighted by Crippen LogP contribution is 2.31. The molecule has 0 radical (unpaired) electrons. The van der Waals surface area contributed by atoms with Gasteiger partial charge in [-0.1, -0.05) is 18.9 Å². The van der Waals surface area contributed by atoms with E-state index in [4.69, 9.17) is 4.74 Å². The number of carbonyl (C=O) groups excluding carboxylic acids is 2. The molecule has 2 heterocycles. The third kappa shape index (κ3) is 3.66. The molecular formula is C18H24N2O3. The van der Waals surface area contributed by atoms with Gasteiger partial charge in [0.05, 0.1) is 25.1 Å². The fraction of sp³-hybridized carbons (Fsp3) is 0.556. The SMILES string of the molecule is CN1C(=O)CCOc2ccc(CC(=O)N3CCCCCC3)cc21. The fourth-order valence-electron chi connectivity index (χ4n) is 3.21. The summed E-state index contributed by atoms with van der Waals surface area (Å²) in [6.07, 6.45) is 5.39. The van der Waals surface area contributed by atoms with Crippen LogP contribution in [0.3, 0.4) is 0 Å². The van der Waals surface area contributed by atoms with Crippen molar-refractivity contribution in [3.05, 3.63) is 23.8 Å². The molecule has 0 N–H and O–H groups in total. The molecule has 0 saturated carbocycles. The van der Waals surface area contributed by atoms with Gasteiger partial charge in [-0.15, -0.1) is 0 Å². The summed E-state index contributed by atoms with van der Waals surface area (Å²) in [6, 6.07) is 5.71. The zero-order valence-electron chi connectivity index (χ0n) is 13.7. The first-order chi connectivity index (χ1) is 11.1. The molecule has 5 nitrogen and oxygen atoms in total. The first-order valence-corrected chi connectivity index (χ1v) is 8.45. The Morgan fingerprint density at radius 1 is 1.17 bits per heavy atom. The van der Waals surface area contributed by atoms with Crippen LogP contribution < -0.4 is 9.64 Å². The number of ether oxygens (including phenoxy) is 1. The van der Waals surface area contributed by atoms with E-state index in [0.29, 0.717) is 25.2 Å². The van der Waals surface area contributed by atoms with E-state index in [0.717, 1.165) is 37.2 Å². The highest BCUT2D eigenvalue weighted by Gasteiger charge is 2.21. The van der Waals surface area contributed by atoms with Crippen LogP contribution in [0.2, 0.25) is 0 Å². The van der Waals surface area contributed by atoms with Gasteiger partial charge in [0.2, 0.25) is 11.8 Å². The normalized spacial score (nSPS) is 18.7. The predicted octanol–water partition coefficient (Wildman–Crippen LogP) is 2.38. The van der Waals surface area contributed by atoms with Gasteiger partial charge >= 0.3 is 0 Å². The summed E-state index contributed by atoms with van der Waals surface area (Å²) < 4.78 is 5.62. The van der Waals surface area contributed by atoms with Crippen LogP contribution in [0.25, 0.3) is 0 Å². The Morgan fingerprint density at radius 2 is 1.91 bits per heavy atom. The van der Waals surface area contributed by atoms with Gasteiger partial charge in [-0.2, -0.15) is 0 Å². The van der Waals surface area contributed by atoms with Gasteiger partial charge < -0.3 is 14.5 Å². The molecular weight excluding hydrogens is 292 g/mol. The molecule has 1 aromatic carbocycles. The maximum atomic E-state index is 12.5. The number of rotatable bonds is 2. The van der Waals surface area contributed by atoms with E-state index in [1.165, 1.54) is 12.8 Å². The quantitative estimate of drug-likeness (QED) is 0.842. The van der Waals surface area contributed by atoms with E-state index in [-0.39, 0.29) is 11.8 Å². The lowest BCUT2D eigenvalue weighted by molar-refractivity contribution is -0.130. The molecule has 2 aliphatic heterocycles. The molecule has 0 unspecified atom stereocenters. The van der Waals surface area contributed by atoms with Crippen LogP contribution in [0.5, 0.6) is 5.75 Å². The first-order valence-electron chi connectivity index (χ1n) is 8.45. The highest BCUT2D eigenvalue weighted by atomic mass is 16.5. The summed E-state index contributed by atoms with van der Waals surface area (Å²) in [4.78, 5) is 28.1. The van der Waals surface area contributed by atoms with Crippen LogP contribution in [-0.2, 0) is 16.0 Å². The third-order valence-electron chi connectivity index (χ3n) is 4.65. The number of likely N-dealkylation sites (tertiary alicyclic amines) is 1. The molecule has 0 aromatic heterocycles. The third-order valence-corrected chi connectivity index (χ3v) is 4.65. The minimum atomic E-state index is 0.0414. The minimum absolute atomic E-state index is 0.0414. The van der Waals surface area contributed by atoms with Crippen molar-refractivity contribution in [2.45, 2.75) is 38.5 Å². The Labute approximate surface area is 137 Å². The molecule has 124 valence electrons. The van der Waals surface area contributed by atoms with Crippen molar-refractivity contribution < 1.29 is 14.3 Å². The van der Waals surface area contributed by atoms with Crippen molar-refractivity contribution in [2.75, 3.05) is 31.6 Å². The van der Waals surface area contributed by atoms with Crippen molar-refractivity contribution in [1.82, 2.24) is 4.90 Å². The molecule has 1 saturated heterocycles. The van der Waals surface area contributed by atoms with Crippen LogP contribution in [0.1, 0.15) is 37.7 Å². The smallest absolute Gasteiger partial charge is 0.230 e. The van der Waals surface area contributed by atoms with Crippen LogP contribution in [0.15, 0.2) is 18.2 Å². The molecule has 1 fully saturated rings. The number of nitrogens with zero attached hydrogens (tertiary/aromatic N) is 2. The number of benzene rings is 1. The Bertz CT molecular complexity index is 592. The van der Waals surface area contributed by atoms with Gasteiger partial charge in [-0.05, 0) is 30.5 Å². The predicted molar refractivity (Wildman–Crippen MR) is 88.7 cm³/mol. The number of fused-ring (bicyclic) bond motifs is 1. The second-order valence-corrected chi connectivity index (χ2v) is 6.33. The lowest BCUT2D eigenvalue weighted by atomic mass is 10.1. The Morgan fingerprint density at radius 3 is 2.65 bits per heavy atom. The Kier molecular flexibility index (Phi) is 4.84. The molecule has 0 bridgehead atoms. The summed E-state index contributed by atoms with van der Waals surface area (Å²) >= 11 is 0. The molecule has 0 aliphatic carbocycles. The van der Waals surface area contributed by atoms with E-state index in [9.17, 15) is 9.59 Å². The summed E-state index contributed by atoms with van der Waals surface area (Å²) in [5, 5.41) is 0. The summed E-state index contributed by atoms with van der Waals surface area (Å²) in [7, 11) is 1.76. The van der Waals surface area contributed by atoms with E-state index in [1.54, 1.807) is 11.9 Å². The van der Waals surface area contributed by atoms with Gasteiger partial charge in [0, 0.05) is 20.1 Å². The molecule has 1 aromatic rings. The summed E-state index contributed by atoms with van der Waals surface area (Å²) in [5.41, 5.74) is 1.69. The van der Waals surface area contributed by atoms with Gasteiger partial charge in [0.1, 0.15) is 5.75 Å². The van der Waals surface area contributed by atoms with Crippen molar-refractivity contribution in [3.63, 3.8) is 0 Å². The topological polar surface area (TPSA) is 49.9 Å². The van der Waals surface area contributed by atoms with E-state index in [1.807, 2.05) is 23.1 Å². The standard InChI is InChI=1S/C18H24N2O3/c1-19-15-12-14(6-7-16(15)23-11-8-17(19)21)13-18(22)20-9-4-2-3-5-10-20/h6-7,12H,2-5,8-11,13H2,1H3. The largest absolute Gasteiger partial charge is 0.491 e. The van der Waals surface area contributed by atoms with Gasteiger partial charge in [0.25, 0.3) is 0 Å². The minimum Gasteiger partial charge on any atom is -0.491 e. The monoisotopic (exact) mass is 316 g/mol. The Balaban J connectivity index is 1.74. The van der Waals surface area contributed by atoms with Crippen molar-refractivity contribution in [2.24, 2.45) is 0 Å². The lowest BCUT2D eigenvalue weighted by Gasteiger charge is -2.21. The van der Waals surface area contributed by atoms with E-state index >= 15 is 0 Å². The summed E-state index contributed by atoms with van der Waals surface area (Å²) in [6.45, 7) is 2.14. The van der Waals surface area contributed by atoms with E-state index < -0.39 is 0 Å². The number of carbonyl (C=O) groups is 2. The average Bonchev–Trinajstić information content (AvgIpc) is 2.90. The number of amides is 2. The maximum absolute atomic E-state index is 12.5. The maximum Gasteiger partial charge on any atom is 0.230 e. The molecule has 23 heavy (non-hydrogen) atoms. The Hall–Kier alpha value is -2.04. The molecule has 3 rings (SSSR count). The van der Waals surface area contributed by atoms with E-state index in [2.05, 4.69) is 0 Å². The second kappa shape index (κ2) is 7.02. The van der Waals surface area contributed by atoms with Crippen LogP contribution in [0.4, 0.5) is 5.69 Å². The zero-order valence-corrected chi connectivity index (χ0v) is 13.7. The van der Waals surface area contributed by atoms with Crippen LogP contribution in [-0.4, -0.2) is 43.5 Å². The fourth-order valence-corrected chi connectivity index (χ4v) is 3.21. The first kappa shape index (κ1) is 15.8. The van der Waals surface area contributed by atoms with Gasteiger partial charge in [-0.3, -0.25) is 9.59 Å². The summed E-state index contributed by atoms with van der Waals surface area (Å²) in [5.74, 6) is 0.930. The second-order valence-electron chi connectivity index (χ2n) is 6.33.